The topological polar surface area (TPSA) is 51.2 Å². The predicted octanol–water partition coefficient (Wildman–Crippen LogP) is 2.04. The number of nitrogens with zero attached hydrogens (tertiary/aromatic N) is 1. The van der Waals surface area contributed by atoms with Gasteiger partial charge >= 0.3 is 0 Å². The van der Waals surface area contributed by atoms with Gasteiger partial charge < -0.3 is 10.1 Å². The highest BCUT2D eigenvalue weighted by Crippen LogP contribution is 2.21. The number of carbonyl (C=O) groups is 1. The number of ether oxygens (including phenoxy) is 1. The molecule has 2 unspecified atom stereocenters. The third-order valence-corrected chi connectivity index (χ3v) is 3.77. The van der Waals surface area contributed by atoms with Crippen LogP contribution in [0, 0.1) is 5.92 Å². The highest BCUT2D eigenvalue weighted by atomic mass is 16.5. The van der Waals surface area contributed by atoms with E-state index in [9.17, 15) is 4.79 Å². The molecule has 0 spiro atoms. The van der Waals surface area contributed by atoms with Crippen molar-refractivity contribution in [1.29, 1.82) is 0 Å². The van der Waals surface area contributed by atoms with Gasteiger partial charge in [-0.3, -0.25) is 9.78 Å². The van der Waals surface area contributed by atoms with Crippen molar-refractivity contribution in [3.63, 3.8) is 0 Å². The van der Waals surface area contributed by atoms with E-state index < -0.39 is 0 Å². The third-order valence-electron chi connectivity index (χ3n) is 3.77. The second-order valence-corrected chi connectivity index (χ2v) is 5.08. The van der Waals surface area contributed by atoms with Crippen LogP contribution < -0.4 is 5.32 Å². The molecule has 4 heteroatoms. The first-order valence-electron chi connectivity index (χ1n) is 6.99. The van der Waals surface area contributed by atoms with E-state index in [0.717, 1.165) is 23.0 Å². The molecule has 2 atom stereocenters. The summed E-state index contributed by atoms with van der Waals surface area (Å²) in [6, 6.07) is 9.67. The van der Waals surface area contributed by atoms with Gasteiger partial charge in [-0.1, -0.05) is 13.0 Å². The van der Waals surface area contributed by atoms with Gasteiger partial charge in [0.2, 0.25) is 0 Å². The number of Topliss-reactive ketones (excluding diaryl/α,β-unsaturated/α-hetero) is 1. The number of fused-ring (bicyclic) bond motifs is 1. The molecule has 2 aromatic rings. The van der Waals surface area contributed by atoms with Crippen LogP contribution in [0.3, 0.4) is 0 Å². The summed E-state index contributed by atoms with van der Waals surface area (Å²) in [6.07, 6.45) is 1.76. The van der Waals surface area contributed by atoms with Gasteiger partial charge in [0.15, 0.2) is 5.78 Å². The van der Waals surface area contributed by atoms with E-state index in [2.05, 4.69) is 10.3 Å². The van der Waals surface area contributed by atoms with E-state index in [4.69, 9.17) is 4.74 Å². The average Bonchev–Trinajstić information content (AvgIpc) is 2.94. The lowest BCUT2D eigenvalue weighted by atomic mass is 9.92. The maximum Gasteiger partial charge on any atom is 0.169 e. The molecule has 1 saturated heterocycles. The van der Waals surface area contributed by atoms with Gasteiger partial charge in [0.25, 0.3) is 0 Å². The third kappa shape index (κ3) is 2.44. The predicted molar refractivity (Wildman–Crippen MR) is 77.8 cm³/mol. The second-order valence-electron chi connectivity index (χ2n) is 5.08. The van der Waals surface area contributed by atoms with Crippen molar-refractivity contribution in [3.8, 4) is 0 Å². The Labute approximate surface area is 118 Å². The number of hydrogen-bond donors (Lipinski definition) is 1. The smallest absolute Gasteiger partial charge is 0.169 e. The Hall–Kier alpha value is -1.78. The van der Waals surface area contributed by atoms with Gasteiger partial charge in [-0.15, -0.1) is 0 Å². The summed E-state index contributed by atoms with van der Waals surface area (Å²) in [5.41, 5.74) is 1.65. The minimum atomic E-state index is -0.0935. The van der Waals surface area contributed by atoms with Gasteiger partial charge in [0, 0.05) is 23.2 Å². The molecule has 0 bridgehead atoms. The Morgan fingerprint density at radius 2 is 2.30 bits per heavy atom. The molecule has 3 rings (SSSR count). The minimum absolute atomic E-state index is 0.0935. The summed E-state index contributed by atoms with van der Waals surface area (Å²) >= 11 is 0. The molecule has 1 fully saturated rings. The lowest BCUT2D eigenvalue weighted by molar-refractivity contribution is 0.0892. The van der Waals surface area contributed by atoms with Crippen molar-refractivity contribution < 1.29 is 9.53 Å². The zero-order chi connectivity index (χ0) is 13.9. The molecule has 20 heavy (non-hydrogen) atoms. The maximum atomic E-state index is 12.6. The number of pyridine rings is 1. The molecule has 0 radical (unpaired) electrons. The number of rotatable bonds is 4. The number of ketones is 1. The number of hydrogen-bond acceptors (Lipinski definition) is 4. The Bertz CT molecular complexity index is 627. The normalized spacial score (nSPS) is 22.2. The van der Waals surface area contributed by atoms with Crippen LogP contribution >= 0.6 is 0 Å². The SMILES string of the molecule is CCNC1COCC1C(=O)c1ccc2ncccc2c1. The summed E-state index contributed by atoms with van der Waals surface area (Å²) in [7, 11) is 0. The zero-order valence-corrected chi connectivity index (χ0v) is 11.5. The molecule has 1 aliphatic rings. The molecule has 0 aliphatic carbocycles. The number of likely N-dealkylation sites (N-methyl/N-ethyl adjacent to an activating group) is 1. The number of carbonyl (C=O) groups excluding carboxylic acids is 1. The van der Waals surface area contributed by atoms with Crippen molar-refractivity contribution in [2.75, 3.05) is 19.8 Å². The fourth-order valence-corrected chi connectivity index (χ4v) is 2.72. The first-order chi connectivity index (χ1) is 9.79. The molecule has 1 aliphatic heterocycles. The quantitative estimate of drug-likeness (QED) is 0.864. The molecular weight excluding hydrogens is 252 g/mol. The van der Waals surface area contributed by atoms with Crippen molar-refractivity contribution in [2.45, 2.75) is 13.0 Å². The van der Waals surface area contributed by atoms with E-state index in [-0.39, 0.29) is 17.7 Å². The molecule has 1 aromatic carbocycles. The first kappa shape index (κ1) is 13.2. The van der Waals surface area contributed by atoms with Gasteiger partial charge in [-0.2, -0.15) is 0 Å². The standard InChI is InChI=1S/C16H18N2O2/c1-2-17-15-10-20-9-13(15)16(19)12-5-6-14-11(8-12)4-3-7-18-14/h3-8,13,15,17H,2,9-10H2,1H3. The van der Waals surface area contributed by atoms with Crippen LogP contribution in [0.1, 0.15) is 17.3 Å². The largest absolute Gasteiger partial charge is 0.379 e. The molecule has 0 amide bonds. The van der Waals surface area contributed by atoms with E-state index >= 15 is 0 Å². The molecule has 0 saturated carbocycles. The summed E-state index contributed by atoms with van der Waals surface area (Å²) in [4.78, 5) is 16.9. The molecule has 1 aromatic heterocycles. The number of nitrogens with one attached hydrogen (secondary N) is 1. The van der Waals surface area contributed by atoms with Crippen LogP contribution in [0.2, 0.25) is 0 Å². The van der Waals surface area contributed by atoms with Gasteiger partial charge in [0.05, 0.1) is 24.6 Å². The summed E-state index contributed by atoms with van der Waals surface area (Å²) < 4.78 is 5.46. The fraction of sp³-hybridized carbons (Fsp3) is 0.375. The Balaban J connectivity index is 1.88. The highest BCUT2D eigenvalue weighted by Gasteiger charge is 2.33. The van der Waals surface area contributed by atoms with E-state index in [0.29, 0.717) is 13.2 Å². The Kier molecular flexibility index (Phi) is 3.76. The lowest BCUT2D eigenvalue weighted by Gasteiger charge is -2.17. The zero-order valence-electron chi connectivity index (χ0n) is 11.5. The van der Waals surface area contributed by atoms with Crippen molar-refractivity contribution >= 4 is 16.7 Å². The van der Waals surface area contributed by atoms with E-state index in [1.807, 2.05) is 37.3 Å². The van der Waals surface area contributed by atoms with E-state index in [1.54, 1.807) is 6.20 Å². The summed E-state index contributed by atoms with van der Waals surface area (Å²) in [6.45, 7) is 4.00. The lowest BCUT2D eigenvalue weighted by Crippen LogP contribution is -2.39. The Morgan fingerprint density at radius 1 is 1.40 bits per heavy atom. The average molecular weight is 270 g/mol. The van der Waals surface area contributed by atoms with Gasteiger partial charge in [0.1, 0.15) is 0 Å². The molecular formula is C16H18N2O2. The van der Waals surface area contributed by atoms with Crippen LogP contribution in [-0.2, 0) is 4.74 Å². The number of benzene rings is 1. The Morgan fingerprint density at radius 3 is 3.15 bits per heavy atom. The summed E-state index contributed by atoms with van der Waals surface area (Å²) in [5.74, 6) is 0.0586. The van der Waals surface area contributed by atoms with Crippen LogP contribution in [0.15, 0.2) is 36.5 Å². The van der Waals surface area contributed by atoms with Gasteiger partial charge in [-0.25, -0.2) is 0 Å². The first-order valence-corrected chi connectivity index (χ1v) is 6.99. The number of aromatic nitrogens is 1. The van der Waals surface area contributed by atoms with Crippen LogP contribution in [0.5, 0.6) is 0 Å². The van der Waals surface area contributed by atoms with Crippen LogP contribution in [-0.4, -0.2) is 36.6 Å². The van der Waals surface area contributed by atoms with Crippen molar-refractivity contribution in [2.24, 2.45) is 5.92 Å². The molecule has 1 N–H and O–H groups in total. The fourth-order valence-electron chi connectivity index (χ4n) is 2.72. The molecule has 2 heterocycles. The summed E-state index contributed by atoms with van der Waals surface area (Å²) in [5, 5.41) is 4.32. The monoisotopic (exact) mass is 270 g/mol. The second kappa shape index (κ2) is 5.69. The van der Waals surface area contributed by atoms with Crippen molar-refractivity contribution in [1.82, 2.24) is 10.3 Å². The van der Waals surface area contributed by atoms with Crippen molar-refractivity contribution in [3.05, 3.63) is 42.1 Å². The highest BCUT2D eigenvalue weighted by molar-refractivity contribution is 6.01. The van der Waals surface area contributed by atoms with E-state index in [1.165, 1.54) is 0 Å². The van der Waals surface area contributed by atoms with Gasteiger partial charge in [-0.05, 0) is 30.8 Å². The maximum absolute atomic E-state index is 12.6. The van der Waals surface area contributed by atoms with Crippen LogP contribution in [0.4, 0.5) is 0 Å². The minimum Gasteiger partial charge on any atom is -0.379 e. The van der Waals surface area contributed by atoms with Crippen LogP contribution in [0.25, 0.3) is 10.9 Å². The molecule has 104 valence electrons. The molecule has 4 nitrogen and oxygen atoms in total.